The van der Waals surface area contributed by atoms with Crippen molar-refractivity contribution in [3.05, 3.63) is 52.9 Å². The molecule has 1 aromatic carbocycles. The van der Waals surface area contributed by atoms with Gasteiger partial charge in [0.1, 0.15) is 6.54 Å². The summed E-state index contributed by atoms with van der Waals surface area (Å²) in [6, 6.07) is 7.00. The molecule has 1 heterocycles. The number of aliphatic imine (C=N–C) groups is 1. The fourth-order valence-corrected chi connectivity index (χ4v) is 2.37. The number of benzene rings is 1. The summed E-state index contributed by atoms with van der Waals surface area (Å²) >= 11 is 0. The second-order valence-electron chi connectivity index (χ2n) is 5.86. The summed E-state index contributed by atoms with van der Waals surface area (Å²) in [6.45, 7) is 5.39. The van der Waals surface area contributed by atoms with Crippen LogP contribution in [0.2, 0.25) is 0 Å². The first kappa shape index (κ1) is 23.3. The van der Waals surface area contributed by atoms with Crippen LogP contribution in [0.15, 0.2) is 39.8 Å². The van der Waals surface area contributed by atoms with Crippen LogP contribution in [0.1, 0.15) is 36.4 Å². The highest BCUT2D eigenvalue weighted by atomic mass is 127. The van der Waals surface area contributed by atoms with Crippen molar-refractivity contribution in [3.8, 4) is 0 Å². The first-order valence-corrected chi connectivity index (χ1v) is 8.43. The Morgan fingerprint density at radius 3 is 2.41 bits per heavy atom. The minimum atomic E-state index is -4.32. The van der Waals surface area contributed by atoms with Gasteiger partial charge in [0.2, 0.25) is 0 Å². The number of hydrogen-bond acceptors (Lipinski definition) is 3. The highest BCUT2D eigenvalue weighted by molar-refractivity contribution is 14.0. The van der Waals surface area contributed by atoms with Crippen LogP contribution in [0.4, 0.5) is 13.2 Å². The van der Waals surface area contributed by atoms with Crippen LogP contribution in [0.3, 0.4) is 0 Å². The Balaban J connectivity index is 0.00000364. The van der Waals surface area contributed by atoms with Gasteiger partial charge >= 0.3 is 6.18 Å². The van der Waals surface area contributed by atoms with Crippen LogP contribution in [-0.2, 0) is 25.7 Å². The zero-order valence-corrected chi connectivity index (χ0v) is 17.8. The second kappa shape index (κ2) is 10.5. The average Bonchev–Trinajstić information content (AvgIpc) is 3.06. The van der Waals surface area contributed by atoms with Gasteiger partial charge in [0.15, 0.2) is 11.7 Å². The van der Waals surface area contributed by atoms with Gasteiger partial charge in [-0.15, -0.1) is 24.0 Å². The summed E-state index contributed by atoms with van der Waals surface area (Å²) in [5.74, 6) is 1.31. The lowest BCUT2D eigenvalue weighted by molar-refractivity contribution is -0.137. The van der Waals surface area contributed by atoms with Crippen LogP contribution in [0, 0.1) is 0 Å². The standard InChI is InChI=1S/C18H23F3N4O.HI/c1-4-15-10-16(26-24-15)11-23-17(22-5-2)25(3)12-13-6-8-14(9-7-13)18(19,20)21;/h6-10H,4-5,11-12H2,1-3H3,(H,22,23);1H. The topological polar surface area (TPSA) is 53.7 Å². The third-order valence-corrected chi connectivity index (χ3v) is 3.75. The van der Waals surface area contributed by atoms with Crippen molar-refractivity contribution in [1.82, 2.24) is 15.4 Å². The van der Waals surface area contributed by atoms with Gasteiger partial charge in [-0.1, -0.05) is 24.2 Å². The van der Waals surface area contributed by atoms with Crippen molar-refractivity contribution in [3.63, 3.8) is 0 Å². The third kappa shape index (κ3) is 7.04. The van der Waals surface area contributed by atoms with Crippen LogP contribution in [-0.4, -0.2) is 29.6 Å². The average molecular weight is 496 g/mol. The van der Waals surface area contributed by atoms with Gasteiger partial charge in [-0.3, -0.25) is 0 Å². The predicted molar refractivity (Wildman–Crippen MR) is 109 cm³/mol. The molecule has 0 aliphatic carbocycles. The molecule has 1 N–H and O–H groups in total. The van der Waals surface area contributed by atoms with Crippen LogP contribution >= 0.6 is 24.0 Å². The van der Waals surface area contributed by atoms with E-state index in [1.54, 1.807) is 0 Å². The molecule has 0 radical (unpaired) electrons. The molecule has 0 saturated carbocycles. The first-order chi connectivity index (χ1) is 12.3. The van der Waals surface area contributed by atoms with Gasteiger partial charge in [0.25, 0.3) is 0 Å². The molecule has 0 amide bonds. The van der Waals surface area contributed by atoms with E-state index in [9.17, 15) is 13.2 Å². The summed E-state index contributed by atoms with van der Waals surface area (Å²) in [4.78, 5) is 6.35. The number of halogens is 4. The molecule has 150 valence electrons. The monoisotopic (exact) mass is 496 g/mol. The Hall–Kier alpha value is -1.78. The molecule has 0 bridgehead atoms. The summed E-state index contributed by atoms with van der Waals surface area (Å²) in [5, 5.41) is 7.09. The molecule has 0 aliphatic rings. The maximum atomic E-state index is 12.6. The highest BCUT2D eigenvalue weighted by Crippen LogP contribution is 2.29. The zero-order valence-electron chi connectivity index (χ0n) is 15.5. The lowest BCUT2D eigenvalue weighted by Crippen LogP contribution is -2.38. The quantitative estimate of drug-likeness (QED) is 0.365. The van der Waals surface area contributed by atoms with E-state index in [1.165, 1.54) is 12.1 Å². The maximum Gasteiger partial charge on any atom is 0.416 e. The molecular weight excluding hydrogens is 472 g/mol. The summed E-state index contributed by atoms with van der Waals surface area (Å²) in [5.41, 5.74) is 0.985. The molecule has 0 atom stereocenters. The van der Waals surface area contributed by atoms with Crippen molar-refractivity contribution in [2.75, 3.05) is 13.6 Å². The van der Waals surface area contributed by atoms with Gasteiger partial charge in [0.05, 0.1) is 11.3 Å². The number of nitrogens with zero attached hydrogens (tertiary/aromatic N) is 3. The fourth-order valence-electron chi connectivity index (χ4n) is 2.37. The van der Waals surface area contributed by atoms with E-state index in [4.69, 9.17) is 4.52 Å². The SMILES string of the molecule is CCNC(=NCc1cc(CC)no1)N(C)Cc1ccc(C(F)(F)F)cc1.I. The Bertz CT molecular complexity index is 729. The van der Waals surface area contributed by atoms with E-state index >= 15 is 0 Å². The lowest BCUT2D eigenvalue weighted by atomic mass is 10.1. The molecule has 9 heteroatoms. The molecule has 1 aromatic heterocycles. The summed E-state index contributed by atoms with van der Waals surface area (Å²) < 4.78 is 43.2. The number of guanidine groups is 1. The van der Waals surface area contributed by atoms with Crippen molar-refractivity contribution in [2.24, 2.45) is 4.99 Å². The molecule has 2 aromatic rings. The molecule has 5 nitrogen and oxygen atoms in total. The third-order valence-electron chi connectivity index (χ3n) is 3.75. The van der Waals surface area contributed by atoms with Gasteiger partial charge in [-0.2, -0.15) is 13.2 Å². The minimum absolute atomic E-state index is 0. The lowest BCUT2D eigenvalue weighted by Gasteiger charge is -2.22. The predicted octanol–water partition coefficient (Wildman–Crippen LogP) is 4.47. The van der Waals surface area contributed by atoms with Gasteiger partial charge in [-0.25, -0.2) is 4.99 Å². The van der Waals surface area contributed by atoms with E-state index in [1.807, 2.05) is 31.9 Å². The molecular formula is C18H24F3IN4O. The van der Waals surface area contributed by atoms with Gasteiger partial charge < -0.3 is 14.7 Å². The van der Waals surface area contributed by atoms with Crippen LogP contribution < -0.4 is 5.32 Å². The fraction of sp³-hybridized carbons (Fsp3) is 0.444. The second-order valence-corrected chi connectivity index (χ2v) is 5.86. The molecule has 0 aliphatic heterocycles. The smallest absolute Gasteiger partial charge is 0.359 e. The molecule has 27 heavy (non-hydrogen) atoms. The van der Waals surface area contributed by atoms with Gasteiger partial charge in [0, 0.05) is 26.2 Å². The highest BCUT2D eigenvalue weighted by Gasteiger charge is 2.29. The Morgan fingerprint density at radius 1 is 1.22 bits per heavy atom. The largest absolute Gasteiger partial charge is 0.416 e. The number of nitrogens with one attached hydrogen (secondary N) is 1. The molecule has 0 spiro atoms. The summed E-state index contributed by atoms with van der Waals surface area (Å²) in [7, 11) is 1.83. The number of aryl methyl sites for hydroxylation is 1. The van der Waals surface area contributed by atoms with E-state index in [-0.39, 0.29) is 24.0 Å². The van der Waals surface area contributed by atoms with Crippen molar-refractivity contribution >= 4 is 29.9 Å². The van der Waals surface area contributed by atoms with Crippen LogP contribution in [0.25, 0.3) is 0 Å². The van der Waals surface area contributed by atoms with E-state index in [0.29, 0.717) is 31.4 Å². The van der Waals surface area contributed by atoms with Crippen LogP contribution in [0.5, 0.6) is 0 Å². The van der Waals surface area contributed by atoms with Crippen molar-refractivity contribution < 1.29 is 17.7 Å². The number of hydrogen-bond donors (Lipinski definition) is 1. The number of rotatable bonds is 6. The van der Waals surface area contributed by atoms with Gasteiger partial charge in [-0.05, 0) is 31.0 Å². The summed E-state index contributed by atoms with van der Waals surface area (Å²) in [6.07, 6.45) is -3.53. The normalized spacial score (nSPS) is 11.9. The molecule has 0 unspecified atom stereocenters. The minimum Gasteiger partial charge on any atom is -0.359 e. The zero-order chi connectivity index (χ0) is 19.2. The number of aromatic nitrogens is 1. The Morgan fingerprint density at radius 2 is 1.89 bits per heavy atom. The Kier molecular flexibility index (Phi) is 9.07. The van der Waals surface area contributed by atoms with Crippen molar-refractivity contribution in [1.29, 1.82) is 0 Å². The van der Waals surface area contributed by atoms with E-state index in [2.05, 4.69) is 15.5 Å². The maximum absolute atomic E-state index is 12.6. The first-order valence-electron chi connectivity index (χ1n) is 8.43. The number of alkyl halides is 3. The van der Waals surface area contributed by atoms with Crippen molar-refractivity contribution in [2.45, 2.75) is 39.5 Å². The molecule has 2 rings (SSSR count). The van der Waals surface area contributed by atoms with E-state index < -0.39 is 11.7 Å². The molecule has 0 fully saturated rings. The Labute approximate surface area is 174 Å². The molecule has 0 saturated heterocycles. The van der Waals surface area contributed by atoms with E-state index in [0.717, 1.165) is 29.8 Å².